The van der Waals surface area contributed by atoms with Gasteiger partial charge >= 0.3 is 12.4 Å². The van der Waals surface area contributed by atoms with E-state index in [1.165, 1.54) is 0 Å². The molecule has 0 atom stereocenters. The van der Waals surface area contributed by atoms with E-state index in [0.717, 1.165) is 5.69 Å². The van der Waals surface area contributed by atoms with Crippen molar-refractivity contribution in [3.05, 3.63) is 46.1 Å². The van der Waals surface area contributed by atoms with Crippen LogP contribution in [-0.4, -0.2) is 36.0 Å². The Morgan fingerprint density at radius 2 is 1.62 bits per heavy atom. The van der Waals surface area contributed by atoms with E-state index < -0.39 is 46.4 Å². The number of halogens is 6. The van der Waals surface area contributed by atoms with Crippen molar-refractivity contribution in [2.75, 3.05) is 24.3 Å². The predicted molar refractivity (Wildman–Crippen MR) is 115 cm³/mol. The Labute approximate surface area is 192 Å². The number of aryl methyl sites for hydroxylation is 1. The molecule has 1 heterocycles. The van der Waals surface area contributed by atoms with Gasteiger partial charge in [0.15, 0.2) is 0 Å². The van der Waals surface area contributed by atoms with E-state index in [1.807, 2.05) is 6.92 Å². The minimum Gasteiger partial charge on any atom is -0.367 e. The number of nitrogens with one attached hydrogen (secondary N) is 1. The van der Waals surface area contributed by atoms with Crippen LogP contribution in [0.4, 0.5) is 38.1 Å². The zero-order valence-corrected chi connectivity index (χ0v) is 18.8. The van der Waals surface area contributed by atoms with Crippen molar-refractivity contribution in [1.82, 2.24) is 9.97 Å². The molecule has 0 aliphatic heterocycles. The molecule has 1 amide bonds. The second-order valence-corrected chi connectivity index (χ2v) is 8.63. The third-order valence-electron chi connectivity index (χ3n) is 5.81. The molecule has 1 aliphatic rings. The van der Waals surface area contributed by atoms with Gasteiger partial charge in [-0.2, -0.15) is 31.3 Å². The summed E-state index contributed by atoms with van der Waals surface area (Å²) in [5.74, 6) is -1.01. The van der Waals surface area contributed by atoms with E-state index in [4.69, 9.17) is 5.73 Å². The van der Waals surface area contributed by atoms with Gasteiger partial charge in [-0.05, 0) is 56.2 Å². The molecule has 1 aromatic carbocycles. The summed E-state index contributed by atoms with van der Waals surface area (Å²) in [7, 11) is 3.59. The molecule has 0 saturated heterocycles. The van der Waals surface area contributed by atoms with E-state index in [1.54, 1.807) is 25.1 Å². The van der Waals surface area contributed by atoms with Crippen LogP contribution in [0.1, 0.15) is 64.3 Å². The van der Waals surface area contributed by atoms with Crippen molar-refractivity contribution < 1.29 is 31.1 Å². The van der Waals surface area contributed by atoms with Crippen LogP contribution in [0.15, 0.2) is 18.2 Å². The fourth-order valence-electron chi connectivity index (χ4n) is 4.26. The maximum absolute atomic E-state index is 13.8. The predicted octanol–water partition coefficient (Wildman–Crippen LogP) is 5.13. The summed E-state index contributed by atoms with van der Waals surface area (Å²) >= 11 is 0. The molecule has 0 bridgehead atoms. The quantitative estimate of drug-likeness (QED) is 0.570. The highest BCUT2D eigenvalue weighted by atomic mass is 19.4. The zero-order valence-electron chi connectivity index (χ0n) is 18.8. The van der Waals surface area contributed by atoms with Gasteiger partial charge in [-0.1, -0.05) is 0 Å². The highest BCUT2D eigenvalue weighted by molar-refractivity contribution is 5.95. The topological polar surface area (TPSA) is 84.1 Å². The minimum absolute atomic E-state index is 0.0680. The molecule has 34 heavy (non-hydrogen) atoms. The van der Waals surface area contributed by atoms with E-state index in [2.05, 4.69) is 15.3 Å². The summed E-state index contributed by atoms with van der Waals surface area (Å²) in [6.45, 7) is 1.81. The maximum atomic E-state index is 13.8. The van der Waals surface area contributed by atoms with Crippen LogP contribution in [0.2, 0.25) is 0 Å². The Hall–Kier alpha value is -3.05. The number of hydrogen-bond acceptors (Lipinski definition) is 5. The normalized spacial score (nSPS) is 19.1. The lowest BCUT2D eigenvalue weighted by Gasteiger charge is -2.32. The SMILES string of the molecule is Cc1cc(NC2CCC(c3c(C(N)=O)cc(C(F)(F)F)cc3C(F)(F)F)CC2)nc(N(C)C)n1. The summed E-state index contributed by atoms with van der Waals surface area (Å²) < 4.78 is 80.9. The van der Waals surface area contributed by atoms with Gasteiger partial charge in [-0.3, -0.25) is 4.79 Å². The number of benzene rings is 1. The molecule has 186 valence electrons. The first-order valence-electron chi connectivity index (χ1n) is 10.6. The van der Waals surface area contributed by atoms with Crippen LogP contribution in [0.3, 0.4) is 0 Å². The summed E-state index contributed by atoms with van der Waals surface area (Å²) in [5, 5.41) is 3.26. The molecule has 3 N–H and O–H groups in total. The molecule has 6 nitrogen and oxygen atoms in total. The third kappa shape index (κ3) is 5.71. The van der Waals surface area contributed by atoms with E-state index in [9.17, 15) is 31.1 Å². The van der Waals surface area contributed by atoms with Crippen LogP contribution in [0.5, 0.6) is 0 Å². The number of carbonyl (C=O) groups excluding carboxylic acids is 1. The van der Waals surface area contributed by atoms with E-state index >= 15 is 0 Å². The van der Waals surface area contributed by atoms with E-state index in [-0.39, 0.29) is 24.9 Å². The second kappa shape index (κ2) is 9.30. The van der Waals surface area contributed by atoms with Crippen molar-refractivity contribution in [3.8, 4) is 0 Å². The lowest BCUT2D eigenvalue weighted by Crippen LogP contribution is -2.29. The Morgan fingerprint density at radius 3 is 2.12 bits per heavy atom. The number of primary amides is 1. The lowest BCUT2D eigenvalue weighted by atomic mass is 9.77. The average molecular weight is 489 g/mol. The van der Waals surface area contributed by atoms with Gasteiger partial charge in [0, 0.05) is 37.5 Å². The first-order valence-corrected chi connectivity index (χ1v) is 10.6. The second-order valence-electron chi connectivity index (χ2n) is 8.63. The summed E-state index contributed by atoms with van der Waals surface area (Å²) in [6, 6.07) is 2.13. The largest absolute Gasteiger partial charge is 0.416 e. The fourth-order valence-corrected chi connectivity index (χ4v) is 4.26. The number of nitrogens with zero attached hydrogens (tertiary/aromatic N) is 3. The molecule has 12 heteroatoms. The average Bonchev–Trinajstić information content (AvgIpc) is 2.71. The van der Waals surface area contributed by atoms with Crippen molar-refractivity contribution >= 4 is 17.7 Å². The van der Waals surface area contributed by atoms with E-state index in [0.29, 0.717) is 30.7 Å². The lowest BCUT2D eigenvalue weighted by molar-refractivity contribution is -0.143. The standard InChI is InChI=1S/C22H25F6N5O/c1-11-8-17(32-20(30-11)33(2)3)31-14-6-4-12(5-7-14)18-15(19(29)34)9-13(21(23,24)25)10-16(18)22(26,27)28/h8-10,12,14H,4-7H2,1-3H3,(H2,29,34)(H,30,31,32). The smallest absolute Gasteiger partial charge is 0.367 e. The number of anilines is 2. The first kappa shape index (κ1) is 25.6. The van der Waals surface area contributed by atoms with Gasteiger partial charge in [0.25, 0.3) is 0 Å². The van der Waals surface area contributed by atoms with Crippen molar-refractivity contribution in [3.63, 3.8) is 0 Å². The molecule has 0 unspecified atom stereocenters. The summed E-state index contributed by atoms with van der Waals surface area (Å²) in [6.07, 6.45) is -8.79. The molecule has 1 aliphatic carbocycles. The molecule has 1 aromatic heterocycles. The third-order valence-corrected chi connectivity index (χ3v) is 5.81. The zero-order chi connectivity index (χ0) is 25.4. The number of rotatable bonds is 5. The molecule has 1 fully saturated rings. The van der Waals surface area contributed by atoms with Crippen LogP contribution >= 0.6 is 0 Å². The number of carbonyl (C=O) groups is 1. The molecule has 0 spiro atoms. The van der Waals surface area contributed by atoms with Gasteiger partial charge in [-0.25, -0.2) is 4.98 Å². The highest BCUT2D eigenvalue weighted by Gasteiger charge is 2.42. The van der Waals surface area contributed by atoms with Gasteiger partial charge in [0.05, 0.1) is 11.1 Å². The maximum Gasteiger partial charge on any atom is 0.416 e. The van der Waals surface area contributed by atoms with Crippen LogP contribution in [-0.2, 0) is 12.4 Å². The van der Waals surface area contributed by atoms with Gasteiger partial charge in [0.1, 0.15) is 5.82 Å². The highest BCUT2D eigenvalue weighted by Crippen LogP contribution is 2.45. The van der Waals surface area contributed by atoms with Crippen LogP contribution in [0.25, 0.3) is 0 Å². The Balaban J connectivity index is 1.88. The molecular weight excluding hydrogens is 464 g/mol. The first-order chi connectivity index (χ1) is 15.7. The van der Waals surface area contributed by atoms with Crippen molar-refractivity contribution in [2.24, 2.45) is 5.73 Å². The monoisotopic (exact) mass is 489 g/mol. The fraction of sp³-hybridized carbons (Fsp3) is 0.500. The van der Waals surface area contributed by atoms with Crippen molar-refractivity contribution in [1.29, 1.82) is 0 Å². The van der Waals surface area contributed by atoms with Gasteiger partial charge < -0.3 is 16.0 Å². The molecule has 0 radical (unpaired) electrons. The Bertz CT molecular complexity index is 1060. The number of amides is 1. The molecule has 3 rings (SSSR count). The Morgan fingerprint density at radius 1 is 1.00 bits per heavy atom. The summed E-state index contributed by atoms with van der Waals surface area (Å²) in [5.41, 5.74) is 1.75. The van der Waals surface area contributed by atoms with Crippen LogP contribution < -0.4 is 16.0 Å². The minimum atomic E-state index is -5.07. The molecular formula is C22H25F6N5O. The van der Waals surface area contributed by atoms with Gasteiger partial charge in [-0.15, -0.1) is 0 Å². The van der Waals surface area contributed by atoms with Crippen molar-refractivity contribution in [2.45, 2.75) is 56.9 Å². The molecule has 1 saturated carbocycles. The van der Waals surface area contributed by atoms with Gasteiger partial charge in [0.2, 0.25) is 11.9 Å². The Kier molecular flexibility index (Phi) is 6.99. The molecule has 2 aromatic rings. The van der Waals surface area contributed by atoms with Crippen LogP contribution in [0, 0.1) is 6.92 Å². The summed E-state index contributed by atoms with van der Waals surface area (Å²) in [4.78, 5) is 22.4. The number of alkyl halides is 6. The number of aromatic nitrogens is 2. The number of nitrogens with two attached hydrogens (primary N) is 1. The number of hydrogen-bond donors (Lipinski definition) is 2.